The molecule has 0 spiro atoms. The summed E-state index contributed by atoms with van der Waals surface area (Å²) < 4.78 is 12.2. The average molecular weight is 288 g/mol. The van der Waals surface area contributed by atoms with Crippen molar-refractivity contribution in [2.45, 2.75) is 64.2 Å². The molecule has 3 heterocycles. The standard InChI is InChI=1S/C16H25BN2O2/c1-15(2)16(3,4)21-17(20-15)13-9-12(10-18-11-13)14-7-5-6-8-19-14/h9-11,14,19H,5-8H2,1-4H3. The lowest BCUT2D eigenvalue weighted by Crippen LogP contribution is -2.41. The van der Waals surface area contributed by atoms with E-state index in [1.165, 1.54) is 24.8 Å². The summed E-state index contributed by atoms with van der Waals surface area (Å²) in [6.45, 7) is 9.39. The third-order valence-corrected chi connectivity index (χ3v) is 5.02. The van der Waals surface area contributed by atoms with E-state index in [-0.39, 0.29) is 18.3 Å². The third-order valence-electron chi connectivity index (χ3n) is 5.02. The number of nitrogens with one attached hydrogen (secondary N) is 1. The fourth-order valence-corrected chi connectivity index (χ4v) is 2.91. The summed E-state index contributed by atoms with van der Waals surface area (Å²) >= 11 is 0. The van der Waals surface area contributed by atoms with Gasteiger partial charge in [0.15, 0.2) is 0 Å². The van der Waals surface area contributed by atoms with E-state index < -0.39 is 0 Å². The molecule has 5 heteroatoms. The smallest absolute Gasteiger partial charge is 0.399 e. The normalized spacial score (nSPS) is 27.8. The molecule has 2 aliphatic rings. The number of hydrogen-bond donors (Lipinski definition) is 1. The SMILES string of the molecule is CC1(C)OB(c2cncc(C3CCCCN3)c2)OC1(C)C. The van der Waals surface area contributed by atoms with Gasteiger partial charge in [-0.1, -0.05) is 12.5 Å². The highest BCUT2D eigenvalue weighted by Gasteiger charge is 2.51. The first-order chi connectivity index (χ1) is 9.89. The van der Waals surface area contributed by atoms with E-state index in [4.69, 9.17) is 9.31 Å². The monoisotopic (exact) mass is 288 g/mol. The van der Waals surface area contributed by atoms with Gasteiger partial charge in [-0.15, -0.1) is 0 Å². The van der Waals surface area contributed by atoms with Gasteiger partial charge in [0.25, 0.3) is 0 Å². The van der Waals surface area contributed by atoms with Gasteiger partial charge in [0.2, 0.25) is 0 Å². The van der Waals surface area contributed by atoms with Gasteiger partial charge < -0.3 is 14.6 Å². The van der Waals surface area contributed by atoms with Crippen molar-refractivity contribution in [1.82, 2.24) is 10.3 Å². The van der Waals surface area contributed by atoms with Gasteiger partial charge in [0.1, 0.15) is 0 Å². The Labute approximate surface area is 127 Å². The van der Waals surface area contributed by atoms with Gasteiger partial charge in [0.05, 0.1) is 11.2 Å². The number of piperidine rings is 1. The molecule has 3 rings (SSSR count). The Morgan fingerprint density at radius 2 is 1.86 bits per heavy atom. The van der Waals surface area contributed by atoms with Crippen molar-refractivity contribution < 1.29 is 9.31 Å². The van der Waals surface area contributed by atoms with Crippen LogP contribution in [0.4, 0.5) is 0 Å². The minimum atomic E-state index is -0.328. The summed E-state index contributed by atoms with van der Waals surface area (Å²) in [6, 6.07) is 2.59. The molecule has 0 saturated carbocycles. The molecule has 1 aromatic heterocycles. The van der Waals surface area contributed by atoms with E-state index in [2.05, 4.69) is 44.1 Å². The second kappa shape index (κ2) is 5.38. The van der Waals surface area contributed by atoms with Crippen LogP contribution in [-0.4, -0.2) is 29.8 Å². The maximum atomic E-state index is 6.11. The first-order valence-electron chi connectivity index (χ1n) is 7.93. The summed E-state index contributed by atoms with van der Waals surface area (Å²) in [7, 11) is -0.328. The second-order valence-electron chi connectivity index (χ2n) is 7.14. The summed E-state index contributed by atoms with van der Waals surface area (Å²) in [6.07, 6.45) is 7.53. The van der Waals surface area contributed by atoms with E-state index in [9.17, 15) is 0 Å². The second-order valence-corrected chi connectivity index (χ2v) is 7.14. The van der Waals surface area contributed by atoms with Crippen LogP contribution in [0.1, 0.15) is 58.6 Å². The quantitative estimate of drug-likeness (QED) is 0.847. The van der Waals surface area contributed by atoms with Crippen molar-refractivity contribution in [2.75, 3.05) is 6.54 Å². The molecule has 0 radical (unpaired) electrons. The predicted octanol–water partition coefficient (Wildman–Crippen LogP) is 2.20. The molecule has 0 aromatic carbocycles. The molecule has 2 saturated heterocycles. The number of aromatic nitrogens is 1. The van der Waals surface area contributed by atoms with Crippen LogP contribution in [-0.2, 0) is 9.31 Å². The van der Waals surface area contributed by atoms with E-state index in [1.807, 2.05) is 12.4 Å². The van der Waals surface area contributed by atoms with Crippen LogP contribution < -0.4 is 10.8 Å². The molecule has 4 nitrogen and oxygen atoms in total. The number of pyridine rings is 1. The van der Waals surface area contributed by atoms with Crippen LogP contribution in [0.15, 0.2) is 18.5 Å². The molecule has 2 aliphatic heterocycles. The molecule has 1 N–H and O–H groups in total. The van der Waals surface area contributed by atoms with Crippen molar-refractivity contribution >= 4 is 12.6 Å². The summed E-state index contributed by atoms with van der Waals surface area (Å²) in [5.41, 5.74) is 1.63. The Kier molecular flexibility index (Phi) is 3.84. The molecule has 1 atom stereocenters. The highest BCUT2D eigenvalue weighted by molar-refractivity contribution is 6.62. The van der Waals surface area contributed by atoms with E-state index in [0.717, 1.165) is 12.0 Å². The summed E-state index contributed by atoms with van der Waals surface area (Å²) in [5.74, 6) is 0. The molecule has 1 unspecified atom stereocenters. The van der Waals surface area contributed by atoms with E-state index in [1.54, 1.807) is 0 Å². The van der Waals surface area contributed by atoms with Gasteiger partial charge in [-0.3, -0.25) is 4.98 Å². The molecule has 0 aliphatic carbocycles. The molecular weight excluding hydrogens is 263 g/mol. The van der Waals surface area contributed by atoms with Crippen LogP contribution in [0.25, 0.3) is 0 Å². The van der Waals surface area contributed by atoms with Gasteiger partial charge in [-0.05, 0) is 52.6 Å². The third kappa shape index (κ3) is 2.87. The van der Waals surface area contributed by atoms with Crippen LogP contribution in [0, 0.1) is 0 Å². The zero-order valence-electron chi connectivity index (χ0n) is 13.5. The molecule has 2 fully saturated rings. The Balaban J connectivity index is 1.81. The average Bonchev–Trinajstić information content (AvgIpc) is 2.69. The van der Waals surface area contributed by atoms with Crippen molar-refractivity contribution in [1.29, 1.82) is 0 Å². The zero-order chi connectivity index (χ0) is 15.1. The highest BCUT2D eigenvalue weighted by Crippen LogP contribution is 2.36. The highest BCUT2D eigenvalue weighted by atomic mass is 16.7. The topological polar surface area (TPSA) is 43.4 Å². The fourth-order valence-electron chi connectivity index (χ4n) is 2.91. The zero-order valence-corrected chi connectivity index (χ0v) is 13.5. The van der Waals surface area contributed by atoms with Crippen LogP contribution in [0.3, 0.4) is 0 Å². The van der Waals surface area contributed by atoms with Crippen LogP contribution in [0.5, 0.6) is 0 Å². The predicted molar refractivity (Wildman–Crippen MR) is 84.5 cm³/mol. The molecule has 1 aromatic rings. The largest absolute Gasteiger partial charge is 0.496 e. The molecule has 114 valence electrons. The fraction of sp³-hybridized carbons (Fsp3) is 0.688. The summed E-state index contributed by atoms with van der Waals surface area (Å²) in [4.78, 5) is 4.40. The number of hydrogen-bond acceptors (Lipinski definition) is 4. The van der Waals surface area contributed by atoms with Gasteiger partial charge >= 0.3 is 7.12 Å². The van der Waals surface area contributed by atoms with Crippen molar-refractivity contribution in [3.8, 4) is 0 Å². The molecule has 21 heavy (non-hydrogen) atoms. The lowest BCUT2D eigenvalue weighted by molar-refractivity contribution is 0.00578. The molecule has 0 bridgehead atoms. The Hall–Kier alpha value is -0.905. The lowest BCUT2D eigenvalue weighted by atomic mass is 9.79. The lowest BCUT2D eigenvalue weighted by Gasteiger charge is -2.32. The minimum Gasteiger partial charge on any atom is -0.399 e. The van der Waals surface area contributed by atoms with E-state index in [0.29, 0.717) is 6.04 Å². The molecule has 0 amide bonds. The Morgan fingerprint density at radius 1 is 1.14 bits per heavy atom. The minimum absolute atomic E-state index is 0.309. The van der Waals surface area contributed by atoms with Crippen LogP contribution in [0.2, 0.25) is 0 Å². The first kappa shape index (κ1) is 15.0. The number of nitrogens with zero attached hydrogens (tertiary/aromatic N) is 1. The van der Waals surface area contributed by atoms with Gasteiger partial charge in [0, 0.05) is 23.9 Å². The van der Waals surface area contributed by atoms with Crippen molar-refractivity contribution in [3.05, 3.63) is 24.0 Å². The Morgan fingerprint density at radius 3 is 2.48 bits per heavy atom. The molecular formula is C16H25BN2O2. The van der Waals surface area contributed by atoms with Crippen molar-refractivity contribution in [3.63, 3.8) is 0 Å². The maximum Gasteiger partial charge on any atom is 0.496 e. The maximum absolute atomic E-state index is 6.11. The summed E-state index contributed by atoms with van der Waals surface area (Å²) in [5, 5.41) is 3.56. The van der Waals surface area contributed by atoms with Crippen molar-refractivity contribution in [2.24, 2.45) is 0 Å². The van der Waals surface area contributed by atoms with Gasteiger partial charge in [-0.2, -0.15) is 0 Å². The number of rotatable bonds is 2. The first-order valence-corrected chi connectivity index (χ1v) is 7.93. The van der Waals surface area contributed by atoms with E-state index >= 15 is 0 Å². The Bertz CT molecular complexity index is 497. The van der Waals surface area contributed by atoms with Crippen LogP contribution >= 0.6 is 0 Å². The van der Waals surface area contributed by atoms with Gasteiger partial charge in [-0.25, -0.2) is 0 Å².